The van der Waals surface area contributed by atoms with Gasteiger partial charge in [0.1, 0.15) is 5.82 Å². The Hall–Kier alpha value is -1.52. The van der Waals surface area contributed by atoms with Crippen molar-refractivity contribution in [1.29, 1.82) is 0 Å². The first kappa shape index (κ1) is 11.6. The van der Waals surface area contributed by atoms with Crippen LogP contribution in [-0.4, -0.2) is 11.1 Å². The molecule has 0 heterocycles. The second kappa shape index (κ2) is 4.82. The fourth-order valence-electron chi connectivity index (χ4n) is 1.21. The van der Waals surface area contributed by atoms with Crippen molar-refractivity contribution in [1.82, 2.24) is 0 Å². The number of carbonyl (C=O) groups is 1. The zero-order chi connectivity index (χ0) is 11.4. The van der Waals surface area contributed by atoms with E-state index in [0.29, 0.717) is 6.07 Å². The number of hydrogen-bond acceptors (Lipinski definition) is 1. The van der Waals surface area contributed by atoms with Gasteiger partial charge in [0.25, 0.3) is 0 Å². The van der Waals surface area contributed by atoms with Crippen molar-refractivity contribution in [2.24, 2.45) is 0 Å². The van der Waals surface area contributed by atoms with Crippen LogP contribution in [0.4, 0.5) is 13.2 Å². The van der Waals surface area contributed by atoms with E-state index in [1.165, 1.54) is 0 Å². The Morgan fingerprint density at radius 1 is 1.20 bits per heavy atom. The van der Waals surface area contributed by atoms with Crippen LogP contribution in [0.15, 0.2) is 12.1 Å². The summed E-state index contributed by atoms with van der Waals surface area (Å²) in [5.41, 5.74) is -0.392. The molecule has 0 spiro atoms. The minimum atomic E-state index is -1.24. The maximum Gasteiger partial charge on any atom is 0.303 e. The van der Waals surface area contributed by atoms with E-state index >= 15 is 0 Å². The van der Waals surface area contributed by atoms with Crippen LogP contribution in [-0.2, 0) is 11.2 Å². The second-order valence-electron chi connectivity index (χ2n) is 3.07. The summed E-state index contributed by atoms with van der Waals surface area (Å²) in [4.78, 5) is 10.2. The molecule has 0 aromatic heterocycles. The van der Waals surface area contributed by atoms with E-state index in [9.17, 15) is 18.0 Å². The zero-order valence-electron chi connectivity index (χ0n) is 7.77. The Kier molecular flexibility index (Phi) is 3.71. The first-order chi connectivity index (χ1) is 7.02. The number of carboxylic acids is 1. The molecule has 1 aromatic rings. The van der Waals surface area contributed by atoms with Crippen molar-refractivity contribution in [3.05, 3.63) is 35.1 Å². The predicted octanol–water partition coefficient (Wildman–Crippen LogP) is 2.51. The van der Waals surface area contributed by atoms with Crippen molar-refractivity contribution in [2.45, 2.75) is 19.3 Å². The van der Waals surface area contributed by atoms with E-state index < -0.39 is 29.0 Å². The van der Waals surface area contributed by atoms with Crippen LogP contribution in [0.2, 0.25) is 0 Å². The molecule has 0 aliphatic carbocycles. The Balaban J connectivity index is 2.75. The fourth-order valence-corrected chi connectivity index (χ4v) is 1.21. The molecule has 0 aliphatic rings. The number of aliphatic carboxylic acids is 1. The van der Waals surface area contributed by atoms with Crippen molar-refractivity contribution >= 4 is 5.97 Å². The molecule has 1 aromatic carbocycles. The molecule has 1 rings (SSSR count). The third-order valence-corrected chi connectivity index (χ3v) is 1.96. The monoisotopic (exact) mass is 218 g/mol. The van der Waals surface area contributed by atoms with E-state index in [2.05, 4.69) is 0 Å². The van der Waals surface area contributed by atoms with Gasteiger partial charge in [0.2, 0.25) is 0 Å². The molecule has 2 nitrogen and oxygen atoms in total. The van der Waals surface area contributed by atoms with Gasteiger partial charge in [0.15, 0.2) is 11.6 Å². The number of halogens is 3. The first-order valence-corrected chi connectivity index (χ1v) is 4.36. The van der Waals surface area contributed by atoms with Crippen molar-refractivity contribution in [2.75, 3.05) is 0 Å². The fraction of sp³-hybridized carbons (Fsp3) is 0.300. The van der Waals surface area contributed by atoms with Gasteiger partial charge in [-0.3, -0.25) is 4.79 Å². The van der Waals surface area contributed by atoms with Gasteiger partial charge in [0.05, 0.1) is 0 Å². The molecule has 0 atom stereocenters. The van der Waals surface area contributed by atoms with E-state index in [-0.39, 0.29) is 19.3 Å². The molecule has 0 saturated carbocycles. The largest absolute Gasteiger partial charge is 0.481 e. The Labute approximate surface area is 84.3 Å². The van der Waals surface area contributed by atoms with Gasteiger partial charge in [-0.1, -0.05) is 0 Å². The quantitative estimate of drug-likeness (QED) is 0.788. The number of benzene rings is 1. The normalized spacial score (nSPS) is 10.3. The summed E-state index contributed by atoms with van der Waals surface area (Å²) in [6.45, 7) is 0. The standard InChI is InChI=1S/C10H9F3O2/c11-7-4-5-8(12)10(13)6(7)2-1-3-9(14)15/h4-5H,1-3H2,(H,14,15). The van der Waals surface area contributed by atoms with Gasteiger partial charge >= 0.3 is 5.97 Å². The van der Waals surface area contributed by atoms with Crippen LogP contribution in [0.5, 0.6) is 0 Å². The molecule has 0 radical (unpaired) electrons. The third kappa shape index (κ3) is 2.97. The van der Waals surface area contributed by atoms with Crippen molar-refractivity contribution in [3.63, 3.8) is 0 Å². The van der Waals surface area contributed by atoms with E-state index in [4.69, 9.17) is 5.11 Å². The zero-order valence-corrected chi connectivity index (χ0v) is 7.77. The summed E-state index contributed by atoms with van der Waals surface area (Å²) in [5.74, 6) is -4.26. The highest BCUT2D eigenvalue weighted by atomic mass is 19.2. The lowest BCUT2D eigenvalue weighted by Gasteiger charge is -2.04. The summed E-state index contributed by atoms with van der Waals surface area (Å²) in [7, 11) is 0. The predicted molar refractivity (Wildman–Crippen MR) is 46.9 cm³/mol. The van der Waals surface area contributed by atoms with E-state index in [1.807, 2.05) is 0 Å². The molecule has 0 fully saturated rings. The molecule has 0 unspecified atom stereocenters. The van der Waals surface area contributed by atoms with Crippen molar-refractivity contribution < 1.29 is 23.1 Å². The molecule has 1 N–H and O–H groups in total. The molecular weight excluding hydrogens is 209 g/mol. The van der Waals surface area contributed by atoms with Gasteiger partial charge in [-0.05, 0) is 25.0 Å². The lowest BCUT2D eigenvalue weighted by Crippen LogP contribution is -2.01. The summed E-state index contributed by atoms with van der Waals surface area (Å²) in [6.07, 6.45) is -0.246. The van der Waals surface area contributed by atoms with Crippen molar-refractivity contribution in [3.8, 4) is 0 Å². The molecule has 82 valence electrons. The van der Waals surface area contributed by atoms with Gasteiger partial charge < -0.3 is 5.11 Å². The molecule has 0 saturated heterocycles. The summed E-state index contributed by atoms with van der Waals surface area (Å²) in [5, 5.41) is 8.32. The summed E-state index contributed by atoms with van der Waals surface area (Å²) >= 11 is 0. The minimum absolute atomic E-state index is 0.0760. The lowest BCUT2D eigenvalue weighted by molar-refractivity contribution is -0.137. The third-order valence-electron chi connectivity index (χ3n) is 1.96. The molecule has 15 heavy (non-hydrogen) atoms. The average Bonchev–Trinajstić information content (AvgIpc) is 2.17. The SMILES string of the molecule is O=C(O)CCCc1c(F)ccc(F)c1F. The minimum Gasteiger partial charge on any atom is -0.481 e. The molecule has 0 aliphatic heterocycles. The number of hydrogen-bond donors (Lipinski definition) is 1. The van der Waals surface area contributed by atoms with E-state index in [1.54, 1.807) is 0 Å². The molecule has 0 bridgehead atoms. The summed E-state index contributed by atoms with van der Waals surface area (Å²) < 4.78 is 38.7. The lowest BCUT2D eigenvalue weighted by atomic mass is 10.1. The molecular formula is C10H9F3O2. The smallest absolute Gasteiger partial charge is 0.303 e. The highest BCUT2D eigenvalue weighted by molar-refractivity contribution is 5.66. The Morgan fingerprint density at radius 3 is 2.40 bits per heavy atom. The summed E-state index contributed by atoms with van der Waals surface area (Å²) in [6, 6.07) is 1.53. The maximum atomic E-state index is 13.0. The second-order valence-corrected chi connectivity index (χ2v) is 3.07. The van der Waals surface area contributed by atoms with Gasteiger partial charge in [0, 0.05) is 12.0 Å². The average molecular weight is 218 g/mol. The van der Waals surface area contributed by atoms with Crippen LogP contribution in [0.25, 0.3) is 0 Å². The van der Waals surface area contributed by atoms with Crippen LogP contribution >= 0.6 is 0 Å². The molecule has 5 heteroatoms. The van der Waals surface area contributed by atoms with E-state index in [0.717, 1.165) is 6.07 Å². The Morgan fingerprint density at radius 2 is 1.80 bits per heavy atom. The number of carboxylic acid groups (broad SMARTS) is 1. The van der Waals surface area contributed by atoms with Gasteiger partial charge in [-0.2, -0.15) is 0 Å². The molecule has 0 amide bonds. The van der Waals surface area contributed by atoms with Crippen LogP contribution in [0.3, 0.4) is 0 Å². The Bertz CT molecular complexity index is 377. The first-order valence-electron chi connectivity index (χ1n) is 4.36. The van der Waals surface area contributed by atoms with Gasteiger partial charge in [-0.25, -0.2) is 13.2 Å². The topological polar surface area (TPSA) is 37.3 Å². The highest BCUT2D eigenvalue weighted by Crippen LogP contribution is 2.17. The van der Waals surface area contributed by atoms with Crippen LogP contribution in [0.1, 0.15) is 18.4 Å². The maximum absolute atomic E-state index is 13.0. The van der Waals surface area contributed by atoms with Crippen LogP contribution in [0, 0.1) is 17.5 Å². The van der Waals surface area contributed by atoms with Gasteiger partial charge in [-0.15, -0.1) is 0 Å². The van der Waals surface area contributed by atoms with Crippen LogP contribution < -0.4 is 0 Å². The number of rotatable bonds is 4. The highest BCUT2D eigenvalue weighted by Gasteiger charge is 2.13.